The summed E-state index contributed by atoms with van der Waals surface area (Å²) in [6, 6.07) is 25.2. The number of carbonyl (C=O) groups excluding carboxylic acids is 2. The van der Waals surface area contributed by atoms with Crippen LogP contribution in [0.5, 0.6) is 5.75 Å². The van der Waals surface area contributed by atoms with E-state index in [1.807, 2.05) is 37.2 Å². The summed E-state index contributed by atoms with van der Waals surface area (Å²) in [5.41, 5.74) is 2.78. The van der Waals surface area contributed by atoms with E-state index >= 15 is 0 Å². The molecule has 0 saturated heterocycles. The number of phenols is 1. The number of nitrogens with one attached hydrogen (secondary N) is 3. The summed E-state index contributed by atoms with van der Waals surface area (Å²) >= 11 is 0. The summed E-state index contributed by atoms with van der Waals surface area (Å²) in [5.74, 6) is -4.94. The van der Waals surface area contributed by atoms with Crippen molar-refractivity contribution in [2.75, 3.05) is 25.5 Å². The van der Waals surface area contributed by atoms with Gasteiger partial charge in [-0.25, -0.2) is 14.4 Å². The second-order valence-electron chi connectivity index (χ2n) is 15.5. The molecule has 0 atom stereocenters. The van der Waals surface area contributed by atoms with E-state index in [-0.39, 0.29) is 68.9 Å². The largest absolute Gasteiger partial charge is 0.507 e. The average Bonchev–Trinajstić information content (AvgIpc) is 3.29. The van der Waals surface area contributed by atoms with Crippen molar-refractivity contribution in [3.05, 3.63) is 171 Å². The van der Waals surface area contributed by atoms with Crippen LogP contribution in [0, 0.1) is 5.41 Å². The Hall–Kier alpha value is -9.31. The van der Waals surface area contributed by atoms with E-state index in [4.69, 9.17) is 14.2 Å². The Morgan fingerprint density at radius 1 is 0.657 bits per heavy atom. The SMILES string of the molecule is CN(C)c1ccc2c(-c3ccc(C(=O)NC/C=C/C=C/C(=O)NCc4c(O)ccc5c(-c6ccc(C(=O)O)cc6C(=O)O)c6ccc(=O)cc-6oc45)cc3C(=O)O)c3ccc(=N)cc-3oc2c1. The Kier molecular flexibility index (Phi) is 11.9. The van der Waals surface area contributed by atoms with Gasteiger partial charge in [-0.15, -0.1) is 0 Å². The molecule has 0 bridgehead atoms. The maximum Gasteiger partial charge on any atom is 0.336 e. The van der Waals surface area contributed by atoms with Crippen molar-refractivity contribution in [3.8, 4) is 50.7 Å². The number of hydrogen-bond donors (Lipinski definition) is 7. The van der Waals surface area contributed by atoms with Gasteiger partial charge in [-0.2, -0.15) is 0 Å². The minimum absolute atomic E-state index is 0.0173. The van der Waals surface area contributed by atoms with Crippen LogP contribution in [0.2, 0.25) is 0 Å². The molecule has 4 aliphatic rings. The predicted molar refractivity (Wildman–Crippen MR) is 248 cm³/mol. The standard InChI is InChI=1S/C51H38N4O12/c1-55(2)29-10-15-34-42(23-29)66-41-22-28(52)9-14-33(41)45(34)31-12-7-26(20-37(31)50(62)63)48(59)53-19-5-3-4-6-44(58)54-25-39-40(57)18-17-36-46(35-16-11-30(56)24-43(35)67-47(36)39)32-13-8-27(49(60)61)21-38(32)51(64)65/h3-18,20-24,52,57H,19,25H2,1-2H3,(H,53,59)(H,54,58)(H,60,61)(H,62,63)(H,64,65)/b5-3+,6-4+,52-28?. The molecule has 7 N–H and O–H groups in total. The number of nitrogens with zero attached hydrogens (tertiary/aromatic N) is 1. The number of carboxylic acid groups (broad SMARTS) is 3. The van der Waals surface area contributed by atoms with Gasteiger partial charge in [0.15, 0.2) is 5.43 Å². The number of anilines is 1. The summed E-state index contributed by atoms with van der Waals surface area (Å²) in [7, 11) is 3.77. The average molecular weight is 899 g/mol. The first-order valence-electron chi connectivity index (χ1n) is 20.4. The van der Waals surface area contributed by atoms with Gasteiger partial charge in [0, 0.05) is 89.2 Å². The van der Waals surface area contributed by atoms with Gasteiger partial charge in [0.05, 0.1) is 34.2 Å². The first-order valence-corrected chi connectivity index (χ1v) is 20.4. The monoisotopic (exact) mass is 898 g/mol. The van der Waals surface area contributed by atoms with Gasteiger partial charge >= 0.3 is 17.9 Å². The number of allylic oxidation sites excluding steroid dienone is 2. The Labute approximate surface area is 379 Å². The number of phenolic OH excluding ortho intramolecular Hbond substituents is 1. The molecule has 16 nitrogen and oxygen atoms in total. The number of fused-ring (bicyclic) bond motifs is 4. The van der Waals surface area contributed by atoms with Gasteiger partial charge in [0.2, 0.25) is 5.91 Å². The maximum atomic E-state index is 13.2. The highest BCUT2D eigenvalue weighted by Crippen LogP contribution is 2.45. The molecule has 0 unspecified atom stereocenters. The highest BCUT2D eigenvalue weighted by Gasteiger charge is 2.26. The summed E-state index contributed by atoms with van der Waals surface area (Å²) in [6.07, 6.45) is 5.67. The molecule has 334 valence electrons. The molecule has 0 saturated carbocycles. The molecular weight excluding hydrogens is 861 g/mol. The fraction of sp³-hybridized carbons (Fsp3) is 0.0784. The van der Waals surface area contributed by atoms with Crippen LogP contribution in [-0.2, 0) is 11.3 Å². The van der Waals surface area contributed by atoms with Crippen LogP contribution in [0.4, 0.5) is 5.69 Å². The third kappa shape index (κ3) is 8.82. The molecule has 0 fully saturated rings. The Morgan fingerprint density at radius 3 is 1.97 bits per heavy atom. The fourth-order valence-electron chi connectivity index (χ4n) is 7.82. The van der Waals surface area contributed by atoms with Gasteiger partial charge in [0.1, 0.15) is 28.4 Å². The zero-order chi connectivity index (χ0) is 47.7. The van der Waals surface area contributed by atoms with Crippen molar-refractivity contribution in [2.24, 2.45) is 0 Å². The van der Waals surface area contributed by atoms with Gasteiger partial charge in [-0.3, -0.25) is 14.4 Å². The number of carbonyl (C=O) groups is 5. The van der Waals surface area contributed by atoms with E-state index in [0.717, 1.165) is 11.8 Å². The van der Waals surface area contributed by atoms with E-state index in [2.05, 4.69) is 10.6 Å². The van der Waals surface area contributed by atoms with E-state index in [9.17, 15) is 49.2 Å². The summed E-state index contributed by atoms with van der Waals surface area (Å²) < 4.78 is 12.3. The molecule has 8 rings (SSSR count). The van der Waals surface area contributed by atoms with Crippen LogP contribution in [0.25, 0.3) is 66.8 Å². The molecule has 4 aromatic carbocycles. The van der Waals surface area contributed by atoms with Crippen molar-refractivity contribution < 1.29 is 53.2 Å². The lowest BCUT2D eigenvalue weighted by molar-refractivity contribution is -0.116. The molecule has 2 amide bonds. The van der Waals surface area contributed by atoms with Crippen molar-refractivity contribution in [2.45, 2.75) is 6.54 Å². The third-order valence-electron chi connectivity index (χ3n) is 11.0. The third-order valence-corrected chi connectivity index (χ3v) is 11.0. The molecule has 2 aliphatic carbocycles. The molecule has 0 aromatic heterocycles. The van der Waals surface area contributed by atoms with Crippen LogP contribution < -0.4 is 26.3 Å². The Bertz CT molecular complexity index is 3490. The number of aromatic carboxylic acids is 3. The van der Waals surface area contributed by atoms with Crippen molar-refractivity contribution in [1.29, 1.82) is 5.41 Å². The minimum atomic E-state index is -1.40. The number of hydrogen-bond acceptors (Lipinski definition) is 11. The van der Waals surface area contributed by atoms with Gasteiger partial charge in [-0.1, -0.05) is 30.4 Å². The Balaban J connectivity index is 0.978. The van der Waals surface area contributed by atoms with E-state index < -0.39 is 35.2 Å². The fourth-order valence-corrected chi connectivity index (χ4v) is 7.82. The predicted octanol–water partition coefficient (Wildman–Crippen LogP) is 7.59. The van der Waals surface area contributed by atoms with E-state index in [1.165, 1.54) is 72.8 Å². The smallest absolute Gasteiger partial charge is 0.336 e. The lowest BCUT2D eigenvalue weighted by atomic mass is 9.89. The zero-order valence-corrected chi connectivity index (χ0v) is 35.5. The van der Waals surface area contributed by atoms with Crippen LogP contribution in [0.1, 0.15) is 47.0 Å². The van der Waals surface area contributed by atoms with Crippen molar-refractivity contribution in [1.82, 2.24) is 10.6 Å². The van der Waals surface area contributed by atoms with Crippen molar-refractivity contribution >= 4 is 57.3 Å². The van der Waals surface area contributed by atoms with E-state index in [1.54, 1.807) is 30.3 Å². The summed E-state index contributed by atoms with van der Waals surface area (Å²) in [5, 5.41) is 55.6. The zero-order valence-electron chi connectivity index (χ0n) is 35.5. The van der Waals surface area contributed by atoms with Crippen LogP contribution in [0.15, 0.2) is 141 Å². The molecule has 4 aromatic rings. The normalized spacial score (nSPS) is 11.5. The van der Waals surface area contributed by atoms with Gasteiger partial charge < -0.3 is 50.2 Å². The topological polar surface area (TPSA) is 261 Å². The molecule has 16 heteroatoms. The highest BCUT2D eigenvalue weighted by molar-refractivity contribution is 6.11. The maximum absolute atomic E-state index is 13.2. The molecule has 2 heterocycles. The molecule has 67 heavy (non-hydrogen) atoms. The summed E-state index contributed by atoms with van der Waals surface area (Å²) in [6.45, 7) is -0.252. The highest BCUT2D eigenvalue weighted by atomic mass is 16.4. The number of benzene rings is 6. The van der Waals surface area contributed by atoms with Crippen LogP contribution >= 0.6 is 0 Å². The number of carboxylic acids is 3. The number of amides is 2. The Morgan fingerprint density at radius 2 is 1.28 bits per heavy atom. The quantitative estimate of drug-likeness (QED) is 0.0335. The van der Waals surface area contributed by atoms with E-state index in [0.29, 0.717) is 49.9 Å². The summed E-state index contributed by atoms with van der Waals surface area (Å²) in [4.78, 5) is 77.2. The molecule has 0 spiro atoms. The lowest BCUT2D eigenvalue weighted by Crippen LogP contribution is -2.23. The molecule has 2 aliphatic heterocycles. The van der Waals surface area contributed by atoms with Crippen molar-refractivity contribution in [3.63, 3.8) is 0 Å². The minimum Gasteiger partial charge on any atom is -0.507 e. The molecular formula is C51H38N4O12. The second kappa shape index (κ2) is 18.1. The second-order valence-corrected chi connectivity index (χ2v) is 15.5. The first-order chi connectivity index (χ1) is 32.1. The number of aromatic hydroxyl groups is 1. The van der Waals surface area contributed by atoms with Gasteiger partial charge in [-0.05, 0) is 83.9 Å². The lowest BCUT2D eigenvalue weighted by Gasteiger charge is -2.19. The van der Waals surface area contributed by atoms with Crippen LogP contribution in [0.3, 0.4) is 0 Å². The number of rotatable bonds is 13. The van der Waals surface area contributed by atoms with Gasteiger partial charge in [0.25, 0.3) is 5.91 Å². The first kappa shape index (κ1) is 44.3. The van der Waals surface area contributed by atoms with Crippen LogP contribution in [-0.4, -0.2) is 70.8 Å². The molecule has 0 radical (unpaired) electrons.